The predicted molar refractivity (Wildman–Crippen MR) is 63.8 cm³/mol. The van der Waals surface area contributed by atoms with Gasteiger partial charge in [0.25, 0.3) is 0 Å². The van der Waals surface area contributed by atoms with E-state index in [1.165, 1.54) is 5.56 Å². The summed E-state index contributed by atoms with van der Waals surface area (Å²) in [5.74, 6) is 0.938. The molecular formula is C13H19NO2. The van der Waals surface area contributed by atoms with Gasteiger partial charge in [-0.05, 0) is 24.1 Å². The Kier molecular flexibility index (Phi) is 4.19. The van der Waals surface area contributed by atoms with Gasteiger partial charge in [-0.1, -0.05) is 19.1 Å². The summed E-state index contributed by atoms with van der Waals surface area (Å²) in [4.78, 5) is 0. The molecule has 1 aromatic carbocycles. The van der Waals surface area contributed by atoms with Crippen molar-refractivity contribution in [3.8, 4) is 5.75 Å². The highest BCUT2D eigenvalue weighted by Gasteiger charge is 2.15. The van der Waals surface area contributed by atoms with Crippen molar-refractivity contribution in [2.75, 3.05) is 26.3 Å². The van der Waals surface area contributed by atoms with Gasteiger partial charge in [-0.15, -0.1) is 0 Å². The van der Waals surface area contributed by atoms with Crippen molar-refractivity contribution in [1.29, 1.82) is 0 Å². The molecule has 0 radical (unpaired) electrons. The second-order valence-corrected chi connectivity index (χ2v) is 3.98. The van der Waals surface area contributed by atoms with E-state index < -0.39 is 0 Å². The SMILES string of the molecule is CCCOc1cccc(C2CNCCO2)c1. The maximum atomic E-state index is 5.71. The predicted octanol–water partition coefficient (Wildman–Crippen LogP) is 2.14. The Balaban J connectivity index is 2.02. The van der Waals surface area contributed by atoms with Crippen molar-refractivity contribution < 1.29 is 9.47 Å². The van der Waals surface area contributed by atoms with Crippen LogP contribution in [0, 0.1) is 0 Å². The van der Waals surface area contributed by atoms with Crippen molar-refractivity contribution in [3.63, 3.8) is 0 Å². The Morgan fingerprint density at radius 1 is 1.50 bits per heavy atom. The standard InChI is InChI=1S/C13H19NO2/c1-2-7-15-12-5-3-4-11(9-12)13-10-14-6-8-16-13/h3-5,9,13-14H,2,6-8,10H2,1H3. The fourth-order valence-electron chi connectivity index (χ4n) is 1.80. The zero-order chi connectivity index (χ0) is 11.2. The zero-order valence-corrected chi connectivity index (χ0v) is 9.74. The molecular weight excluding hydrogens is 202 g/mol. The van der Waals surface area contributed by atoms with Gasteiger partial charge in [0.2, 0.25) is 0 Å². The molecule has 1 aromatic rings. The van der Waals surface area contributed by atoms with Gasteiger partial charge < -0.3 is 14.8 Å². The highest BCUT2D eigenvalue weighted by molar-refractivity contribution is 5.30. The summed E-state index contributed by atoms with van der Waals surface area (Å²) in [6.45, 7) is 5.50. The number of rotatable bonds is 4. The van der Waals surface area contributed by atoms with Crippen LogP contribution >= 0.6 is 0 Å². The van der Waals surface area contributed by atoms with E-state index in [-0.39, 0.29) is 6.10 Å². The molecule has 0 aromatic heterocycles. The van der Waals surface area contributed by atoms with Crippen LogP contribution in [0.5, 0.6) is 5.75 Å². The van der Waals surface area contributed by atoms with Crippen LogP contribution in [0.2, 0.25) is 0 Å². The lowest BCUT2D eigenvalue weighted by atomic mass is 10.1. The van der Waals surface area contributed by atoms with Crippen LogP contribution in [0.3, 0.4) is 0 Å². The molecule has 1 heterocycles. The first-order valence-electron chi connectivity index (χ1n) is 5.95. The van der Waals surface area contributed by atoms with Gasteiger partial charge in [-0.3, -0.25) is 0 Å². The summed E-state index contributed by atoms with van der Waals surface area (Å²) in [6, 6.07) is 8.19. The Morgan fingerprint density at radius 3 is 3.19 bits per heavy atom. The minimum absolute atomic E-state index is 0.166. The molecule has 0 saturated carbocycles. The van der Waals surface area contributed by atoms with E-state index in [1.54, 1.807) is 0 Å². The van der Waals surface area contributed by atoms with E-state index in [0.29, 0.717) is 0 Å². The lowest BCUT2D eigenvalue weighted by molar-refractivity contribution is 0.0275. The summed E-state index contributed by atoms with van der Waals surface area (Å²) in [5.41, 5.74) is 1.20. The van der Waals surface area contributed by atoms with Crippen LogP contribution in [0.15, 0.2) is 24.3 Å². The largest absolute Gasteiger partial charge is 0.494 e. The van der Waals surface area contributed by atoms with Crippen molar-refractivity contribution in [2.24, 2.45) is 0 Å². The first kappa shape index (κ1) is 11.4. The Morgan fingerprint density at radius 2 is 2.44 bits per heavy atom. The summed E-state index contributed by atoms with van der Waals surface area (Å²) in [5, 5.41) is 3.33. The Bertz CT molecular complexity index is 321. The van der Waals surface area contributed by atoms with Crippen LogP contribution in [0.1, 0.15) is 25.0 Å². The van der Waals surface area contributed by atoms with Gasteiger partial charge in [0, 0.05) is 13.1 Å². The van der Waals surface area contributed by atoms with Crippen molar-refractivity contribution in [3.05, 3.63) is 29.8 Å². The summed E-state index contributed by atoms with van der Waals surface area (Å²) in [7, 11) is 0. The number of morpholine rings is 1. The minimum Gasteiger partial charge on any atom is -0.494 e. The lowest BCUT2D eigenvalue weighted by Crippen LogP contribution is -2.33. The fraction of sp³-hybridized carbons (Fsp3) is 0.538. The molecule has 1 aliphatic rings. The van der Waals surface area contributed by atoms with Crippen LogP contribution in [-0.2, 0) is 4.74 Å². The van der Waals surface area contributed by atoms with E-state index >= 15 is 0 Å². The first-order chi connectivity index (χ1) is 7.90. The molecule has 1 fully saturated rings. The third-order valence-electron chi connectivity index (χ3n) is 2.63. The summed E-state index contributed by atoms with van der Waals surface area (Å²) < 4.78 is 11.3. The molecule has 1 unspecified atom stereocenters. The molecule has 1 saturated heterocycles. The van der Waals surface area contributed by atoms with E-state index in [9.17, 15) is 0 Å². The molecule has 3 heteroatoms. The third-order valence-corrected chi connectivity index (χ3v) is 2.63. The quantitative estimate of drug-likeness (QED) is 0.845. The number of ether oxygens (including phenoxy) is 2. The maximum absolute atomic E-state index is 5.71. The van der Waals surface area contributed by atoms with Gasteiger partial charge in [0.15, 0.2) is 0 Å². The molecule has 2 rings (SSSR count). The second kappa shape index (κ2) is 5.87. The van der Waals surface area contributed by atoms with Crippen LogP contribution in [-0.4, -0.2) is 26.3 Å². The molecule has 0 amide bonds. The van der Waals surface area contributed by atoms with Gasteiger partial charge in [0.05, 0.1) is 19.3 Å². The number of hydrogen-bond donors (Lipinski definition) is 1. The average molecular weight is 221 g/mol. The van der Waals surface area contributed by atoms with E-state index in [2.05, 4.69) is 24.4 Å². The Hall–Kier alpha value is -1.06. The average Bonchev–Trinajstić information content (AvgIpc) is 2.38. The van der Waals surface area contributed by atoms with E-state index in [1.807, 2.05) is 12.1 Å². The lowest BCUT2D eigenvalue weighted by Gasteiger charge is -2.24. The van der Waals surface area contributed by atoms with E-state index in [0.717, 1.165) is 38.5 Å². The molecule has 1 atom stereocenters. The van der Waals surface area contributed by atoms with Gasteiger partial charge in [0.1, 0.15) is 5.75 Å². The highest BCUT2D eigenvalue weighted by Crippen LogP contribution is 2.22. The van der Waals surface area contributed by atoms with Crippen LogP contribution in [0.25, 0.3) is 0 Å². The molecule has 0 spiro atoms. The van der Waals surface area contributed by atoms with Crippen molar-refractivity contribution in [1.82, 2.24) is 5.32 Å². The third kappa shape index (κ3) is 2.97. The number of hydrogen-bond acceptors (Lipinski definition) is 3. The van der Waals surface area contributed by atoms with Gasteiger partial charge >= 0.3 is 0 Å². The van der Waals surface area contributed by atoms with Crippen LogP contribution in [0.4, 0.5) is 0 Å². The molecule has 0 aliphatic carbocycles. The van der Waals surface area contributed by atoms with Crippen molar-refractivity contribution >= 4 is 0 Å². The smallest absolute Gasteiger partial charge is 0.119 e. The van der Waals surface area contributed by atoms with Crippen molar-refractivity contribution in [2.45, 2.75) is 19.4 Å². The second-order valence-electron chi connectivity index (χ2n) is 3.98. The normalized spacial score (nSPS) is 20.7. The van der Waals surface area contributed by atoms with Gasteiger partial charge in [-0.25, -0.2) is 0 Å². The molecule has 1 aliphatic heterocycles. The Labute approximate surface area is 96.8 Å². The maximum Gasteiger partial charge on any atom is 0.119 e. The molecule has 0 bridgehead atoms. The highest BCUT2D eigenvalue weighted by atomic mass is 16.5. The van der Waals surface area contributed by atoms with Gasteiger partial charge in [-0.2, -0.15) is 0 Å². The molecule has 3 nitrogen and oxygen atoms in total. The molecule has 1 N–H and O–H groups in total. The number of benzene rings is 1. The van der Waals surface area contributed by atoms with E-state index in [4.69, 9.17) is 9.47 Å². The topological polar surface area (TPSA) is 30.5 Å². The number of nitrogens with one attached hydrogen (secondary N) is 1. The first-order valence-corrected chi connectivity index (χ1v) is 5.95. The summed E-state index contributed by atoms with van der Waals surface area (Å²) in [6.07, 6.45) is 1.20. The summed E-state index contributed by atoms with van der Waals surface area (Å²) >= 11 is 0. The van der Waals surface area contributed by atoms with Crippen LogP contribution < -0.4 is 10.1 Å². The fourth-order valence-corrected chi connectivity index (χ4v) is 1.80. The molecule has 16 heavy (non-hydrogen) atoms. The monoisotopic (exact) mass is 221 g/mol. The molecule has 88 valence electrons. The minimum atomic E-state index is 0.166. The zero-order valence-electron chi connectivity index (χ0n) is 9.74.